The Morgan fingerprint density at radius 2 is 2.38 bits per heavy atom. The molecular formula is C12H16N2OS. The summed E-state index contributed by atoms with van der Waals surface area (Å²) in [6.45, 7) is 0. The van der Waals surface area contributed by atoms with Crippen LogP contribution in [0.2, 0.25) is 0 Å². The molecule has 3 rings (SSSR count). The first-order chi connectivity index (χ1) is 7.69. The van der Waals surface area contributed by atoms with Crippen LogP contribution in [0.1, 0.15) is 42.2 Å². The van der Waals surface area contributed by atoms with Gasteiger partial charge in [0.05, 0.1) is 11.6 Å². The van der Waals surface area contributed by atoms with Gasteiger partial charge in [-0.1, -0.05) is 0 Å². The Bertz CT molecular complexity index is 422. The van der Waals surface area contributed by atoms with Gasteiger partial charge in [0.15, 0.2) is 0 Å². The second-order valence-corrected chi connectivity index (χ2v) is 5.87. The molecule has 1 aromatic rings. The minimum atomic E-state index is -0.548. The number of carbonyl (C=O) groups excluding carboxylic acids is 1. The molecule has 0 spiro atoms. The Morgan fingerprint density at radius 3 is 3.12 bits per heavy atom. The van der Waals surface area contributed by atoms with Crippen molar-refractivity contribution in [3.05, 3.63) is 21.9 Å². The van der Waals surface area contributed by atoms with Crippen LogP contribution in [-0.4, -0.2) is 11.4 Å². The van der Waals surface area contributed by atoms with E-state index in [1.807, 2.05) is 0 Å². The first-order valence-electron chi connectivity index (χ1n) is 5.85. The monoisotopic (exact) mass is 236 g/mol. The number of nitrogens with two attached hydrogens (primary N) is 1. The third-order valence-corrected chi connectivity index (χ3v) is 4.59. The molecule has 0 bridgehead atoms. The van der Waals surface area contributed by atoms with E-state index in [2.05, 4.69) is 16.8 Å². The van der Waals surface area contributed by atoms with Gasteiger partial charge < -0.3 is 11.1 Å². The lowest BCUT2D eigenvalue weighted by molar-refractivity contribution is -0.124. The lowest BCUT2D eigenvalue weighted by atomic mass is 9.94. The fraction of sp³-hybridized carbons (Fsp3) is 0.583. The third kappa shape index (κ3) is 1.66. The van der Waals surface area contributed by atoms with Gasteiger partial charge in [-0.3, -0.25) is 4.79 Å². The summed E-state index contributed by atoms with van der Waals surface area (Å²) >= 11 is 1.80. The molecular weight excluding hydrogens is 220 g/mol. The molecule has 1 amide bonds. The van der Waals surface area contributed by atoms with E-state index in [1.165, 1.54) is 10.4 Å². The zero-order chi connectivity index (χ0) is 11.2. The van der Waals surface area contributed by atoms with E-state index >= 15 is 0 Å². The lowest BCUT2D eigenvalue weighted by Gasteiger charge is -2.25. The summed E-state index contributed by atoms with van der Waals surface area (Å²) in [6.07, 6.45) is 5.04. The van der Waals surface area contributed by atoms with Crippen LogP contribution in [0.25, 0.3) is 0 Å². The van der Waals surface area contributed by atoms with Crippen LogP contribution in [0.3, 0.4) is 0 Å². The molecule has 3 nitrogen and oxygen atoms in total. The maximum atomic E-state index is 11.9. The first-order valence-corrected chi connectivity index (χ1v) is 6.73. The molecule has 3 N–H and O–H groups in total. The summed E-state index contributed by atoms with van der Waals surface area (Å²) in [5.74, 6) is 0.0385. The van der Waals surface area contributed by atoms with Gasteiger partial charge in [-0.05, 0) is 49.1 Å². The van der Waals surface area contributed by atoms with Gasteiger partial charge in [-0.2, -0.15) is 0 Å². The highest BCUT2D eigenvalue weighted by Gasteiger charge is 2.46. The summed E-state index contributed by atoms with van der Waals surface area (Å²) in [5.41, 5.74) is 6.66. The quantitative estimate of drug-likeness (QED) is 0.821. The van der Waals surface area contributed by atoms with Crippen molar-refractivity contribution in [1.29, 1.82) is 0 Å². The Balaban J connectivity index is 1.75. The molecule has 2 aliphatic carbocycles. The van der Waals surface area contributed by atoms with E-state index in [4.69, 9.17) is 5.73 Å². The van der Waals surface area contributed by atoms with Crippen LogP contribution < -0.4 is 11.1 Å². The maximum Gasteiger partial charge on any atom is 0.240 e. The topological polar surface area (TPSA) is 55.1 Å². The van der Waals surface area contributed by atoms with E-state index in [9.17, 15) is 4.79 Å². The predicted molar refractivity (Wildman–Crippen MR) is 64.3 cm³/mol. The van der Waals surface area contributed by atoms with Crippen molar-refractivity contribution in [3.8, 4) is 0 Å². The summed E-state index contributed by atoms with van der Waals surface area (Å²) in [4.78, 5) is 13.3. The van der Waals surface area contributed by atoms with Gasteiger partial charge in [-0.15, -0.1) is 11.3 Å². The molecule has 0 aromatic carbocycles. The van der Waals surface area contributed by atoms with Crippen LogP contribution in [-0.2, 0) is 11.2 Å². The number of thiophene rings is 1. The van der Waals surface area contributed by atoms with Crippen molar-refractivity contribution in [2.75, 3.05) is 0 Å². The third-order valence-electron chi connectivity index (χ3n) is 3.60. The number of carbonyl (C=O) groups is 1. The van der Waals surface area contributed by atoms with Crippen LogP contribution in [0.15, 0.2) is 11.4 Å². The Morgan fingerprint density at radius 1 is 1.56 bits per heavy atom. The van der Waals surface area contributed by atoms with Crippen LogP contribution >= 0.6 is 11.3 Å². The molecule has 86 valence electrons. The van der Waals surface area contributed by atoms with Crippen molar-refractivity contribution >= 4 is 17.2 Å². The summed E-state index contributed by atoms with van der Waals surface area (Å²) in [5, 5.41) is 5.22. The van der Waals surface area contributed by atoms with Crippen molar-refractivity contribution in [2.24, 2.45) is 5.73 Å². The normalized spacial score (nSPS) is 25.9. The minimum absolute atomic E-state index is 0.0385. The molecule has 4 heteroatoms. The molecule has 0 aliphatic heterocycles. The van der Waals surface area contributed by atoms with Crippen molar-refractivity contribution in [1.82, 2.24) is 5.32 Å². The van der Waals surface area contributed by atoms with E-state index < -0.39 is 5.54 Å². The maximum absolute atomic E-state index is 11.9. The van der Waals surface area contributed by atoms with E-state index in [0.29, 0.717) is 0 Å². The number of hydrogen-bond acceptors (Lipinski definition) is 3. The molecule has 0 radical (unpaired) electrons. The average molecular weight is 236 g/mol. The zero-order valence-corrected chi connectivity index (χ0v) is 9.98. The van der Waals surface area contributed by atoms with Crippen LogP contribution in [0.4, 0.5) is 0 Å². The number of fused-ring (bicyclic) bond motifs is 1. The number of nitrogens with one attached hydrogen (secondary N) is 1. The second kappa shape index (κ2) is 3.57. The number of amides is 1. The fourth-order valence-corrected chi connectivity index (χ4v) is 3.29. The Labute approximate surface area is 99.0 Å². The van der Waals surface area contributed by atoms with Crippen molar-refractivity contribution < 1.29 is 4.79 Å². The van der Waals surface area contributed by atoms with Gasteiger partial charge in [0.1, 0.15) is 0 Å². The minimum Gasteiger partial charge on any atom is -0.348 e. The average Bonchev–Trinajstić information content (AvgIpc) is 2.85. The highest BCUT2D eigenvalue weighted by Crippen LogP contribution is 2.36. The molecule has 1 fully saturated rings. The fourth-order valence-electron chi connectivity index (χ4n) is 2.30. The zero-order valence-electron chi connectivity index (χ0n) is 9.16. The smallest absolute Gasteiger partial charge is 0.240 e. The van der Waals surface area contributed by atoms with E-state index in [0.717, 1.165) is 32.1 Å². The van der Waals surface area contributed by atoms with Crippen molar-refractivity contribution in [3.63, 3.8) is 0 Å². The van der Waals surface area contributed by atoms with Gasteiger partial charge in [0, 0.05) is 4.88 Å². The van der Waals surface area contributed by atoms with Gasteiger partial charge in [0.25, 0.3) is 0 Å². The Kier molecular flexibility index (Phi) is 2.30. The highest BCUT2D eigenvalue weighted by atomic mass is 32.1. The molecule has 16 heavy (non-hydrogen) atoms. The lowest BCUT2D eigenvalue weighted by Crippen LogP contribution is -2.44. The van der Waals surface area contributed by atoms with Crippen molar-refractivity contribution in [2.45, 2.75) is 43.7 Å². The number of aryl methyl sites for hydroxylation is 1. The molecule has 1 unspecified atom stereocenters. The number of rotatable bonds is 2. The second-order valence-electron chi connectivity index (χ2n) is 4.87. The van der Waals surface area contributed by atoms with Gasteiger partial charge >= 0.3 is 0 Å². The molecule has 0 saturated heterocycles. The summed E-state index contributed by atoms with van der Waals surface area (Å²) in [6, 6.07) is 2.34. The molecule has 1 atom stereocenters. The predicted octanol–water partition coefficient (Wildman–Crippen LogP) is 1.73. The van der Waals surface area contributed by atoms with E-state index in [1.54, 1.807) is 11.3 Å². The first kappa shape index (κ1) is 10.3. The SMILES string of the molecule is NC1(C(=O)NC2CCCc3sccc32)CC1. The van der Waals surface area contributed by atoms with E-state index in [-0.39, 0.29) is 11.9 Å². The molecule has 1 aromatic heterocycles. The van der Waals surface area contributed by atoms with Crippen LogP contribution in [0.5, 0.6) is 0 Å². The summed E-state index contributed by atoms with van der Waals surface area (Å²) in [7, 11) is 0. The number of hydrogen-bond donors (Lipinski definition) is 2. The standard InChI is InChI=1S/C12H16N2OS/c13-12(5-6-12)11(15)14-9-2-1-3-10-8(9)4-7-16-10/h4,7,9H,1-3,5-6,13H2,(H,14,15). The van der Waals surface area contributed by atoms with Crippen LogP contribution in [0, 0.1) is 0 Å². The summed E-state index contributed by atoms with van der Waals surface area (Å²) < 4.78 is 0. The van der Waals surface area contributed by atoms with Gasteiger partial charge in [-0.25, -0.2) is 0 Å². The molecule has 1 heterocycles. The Hall–Kier alpha value is -0.870. The molecule has 1 saturated carbocycles. The highest BCUT2D eigenvalue weighted by molar-refractivity contribution is 7.10. The largest absolute Gasteiger partial charge is 0.348 e. The molecule has 2 aliphatic rings. The van der Waals surface area contributed by atoms with Gasteiger partial charge in [0.2, 0.25) is 5.91 Å².